The van der Waals surface area contributed by atoms with E-state index in [4.69, 9.17) is 8.87 Å². The van der Waals surface area contributed by atoms with Crippen LogP contribution in [-0.2, 0) is 52.3 Å². The molecule has 0 heterocycles. The van der Waals surface area contributed by atoms with Gasteiger partial charge in [-0.1, -0.05) is 227 Å². The van der Waals surface area contributed by atoms with Crippen LogP contribution >= 0.6 is 0 Å². The van der Waals surface area contributed by atoms with Crippen LogP contribution < -0.4 is 3.88 Å². The van der Waals surface area contributed by atoms with Gasteiger partial charge in [-0.3, -0.25) is 0 Å². The molecule has 0 aliphatic rings. The minimum atomic E-state index is -0.901. The molecule has 3 heteroatoms. The first kappa shape index (κ1) is 108. The van der Waals surface area contributed by atoms with Crippen molar-refractivity contribution in [3.05, 3.63) is 110 Å². The molecule has 3 aromatic carbocycles. The molecule has 0 radical (unpaired) electrons. The normalized spacial score (nSPS) is 12.4. The van der Waals surface area contributed by atoms with Crippen LogP contribution in [-0.4, -0.2) is 5.71 Å². The maximum absolute atomic E-state index is 7.86. The Bertz CT molecular complexity index is 2710. The van der Waals surface area contributed by atoms with Gasteiger partial charge in [0.25, 0.3) is 0 Å². The molecule has 0 bridgehead atoms. The topological polar surface area (TPSA) is 21.6 Å². The van der Waals surface area contributed by atoms with E-state index in [9.17, 15) is 0 Å². The van der Waals surface area contributed by atoms with Crippen LogP contribution in [0.3, 0.4) is 0 Å². The molecule has 0 aliphatic heterocycles. The second kappa shape index (κ2) is 82.7. The number of rotatable bonds is 89. The Morgan fingerprint density at radius 3 is 0.863 bits per heavy atom. The second-order valence-corrected chi connectivity index (χ2v) is 38.9. The summed E-state index contributed by atoms with van der Waals surface area (Å²) in [5.74, 6) is 1.00. The summed E-state index contributed by atoms with van der Waals surface area (Å²) in [4.78, 5) is 6.43. The minimum absolute atomic E-state index is 0.901. The zero-order chi connectivity index (χ0) is 83.7. The van der Waals surface area contributed by atoms with E-state index in [0.717, 1.165) is 31.4 Å². The quantitative estimate of drug-likeness (QED) is 0.0314. The van der Waals surface area contributed by atoms with Gasteiger partial charge in [-0.25, -0.2) is 0 Å². The Labute approximate surface area is 738 Å². The summed E-state index contributed by atoms with van der Waals surface area (Å²) in [6, 6.07) is 22.1. The van der Waals surface area contributed by atoms with Gasteiger partial charge in [-0.05, 0) is 0 Å². The third-order valence-corrected chi connectivity index (χ3v) is 28.0. The molecule has 3 rings (SSSR count). The molecule has 0 spiro atoms. The summed E-state index contributed by atoms with van der Waals surface area (Å²) >= 11 is -0.901. The van der Waals surface area contributed by atoms with E-state index in [1.54, 1.807) is 39.0 Å². The molecule has 0 N–H and O–H groups in total. The fourth-order valence-electron chi connectivity index (χ4n) is 18.3. The van der Waals surface area contributed by atoms with Crippen molar-refractivity contribution in [2.24, 2.45) is 4.99 Å². The van der Waals surface area contributed by atoms with E-state index in [1.165, 1.54) is 522 Å². The molecule has 0 fully saturated rings. The summed E-state index contributed by atoms with van der Waals surface area (Å²) in [6.07, 6.45) is 113. The van der Waals surface area contributed by atoms with Crippen LogP contribution in [0, 0.1) is 0 Å². The molecule has 0 saturated carbocycles. The molecule has 0 aliphatic carbocycles. The van der Waals surface area contributed by atoms with Gasteiger partial charge in [0.2, 0.25) is 0 Å². The van der Waals surface area contributed by atoms with Crippen LogP contribution in [0.4, 0.5) is 5.69 Å². The molecule has 679 valence electrons. The Kier molecular flexibility index (Phi) is 76.5. The number of allylic oxidation sites excluding steroid dienone is 2. The van der Waals surface area contributed by atoms with Crippen LogP contribution in [0.2, 0.25) is 0 Å². The third kappa shape index (κ3) is 58.8. The van der Waals surface area contributed by atoms with Gasteiger partial charge in [-0.2, -0.15) is 0 Å². The van der Waals surface area contributed by atoms with Gasteiger partial charge in [-0.15, -0.1) is 0 Å². The molecule has 0 aromatic heterocycles. The number of nitrogens with zero attached hydrogens (tertiary/aromatic N) is 1. The van der Waals surface area contributed by atoms with Crippen LogP contribution in [0.5, 0.6) is 5.75 Å². The molecule has 0 unspecified atom stereocenters. The zero-order valence-corrected chi connectivity index (χ0v) is 81.5. The standard InChI is InChI=1S/C88H158N.C20H39.C6H6O.Ni/c1-9-17-25-30-33-35-37-38-39-40-41-42-43-44-45-46-47-48-49-50-51-53-54-56-58-63-70-84(76-79-74-80(66-22-14-6)86(71-24-16-8)81(75-79)68-61-28-20-12-4)88(73-65-60-57-55-52-36-34-31-26-18-10-2)89-85-77-82(67-23-15-7)87(72-64-59-32-27-19-11-3)83(78-85)69-62-29-21-13-5;1-3-5-7-9-11-13-15-17-19-20-18-16-14-12-10-8-6-4-2;7-6-4-2-1-3-5-6;/h74-75,77-78H,9-73H2,1-8H3;1,3H,4-20H2,2H3;1-5,7H;/q;;;+1/p-1. The number of hydrogen-bond acceptors (Lipinski definition) is 2. The Balaban J connectivity index is 2.24. The van der Waals surface area contributed by atoms with Crippen molar-refractivity contribution >= 4 is 15.9 Å². The summed E-state index contributed by atoms with van der Waals surface area (Å²) in [6.45, 7) is 21.4. The van der Waals surface area contributed by atoms with Crippen molar-refractivity contribution in [1.82, 2.24) is 0 Å². The van der Waals surface area contributed by atoms with Crippen LogP contribution in [0.25, 0.3) is 4.54 Å². The molecule has 117 heavy (non-hydrogen) atoms. The number of hydrogen-bond donors (Lipinski definition) is 0. The van der Waals surface area contributed by atoms with Crippen LogP contribution in [0.1, 0.15) is 589 Å². The molecule has 2 nitrogen and oxygen atoms in total. The summed E-state index contributed by atoms with van der Waals surface area (Å²) < 4.78 is 9.34. The monoisotopic (exact) mass is 1660 g/mol. The third-order valence-electron chi connectivity index (χ3n) is 25.9. The number of benzene rings is 3. The predicted molar refractivity (Wildman–Crippen MR) is 527 cm³/mol. The van der Waals surface area contributed by atoms with Gasteiger partial charge in [0.05, 0.1) is 0 Å². The van der Waals surface area contributed by atoms with Gasteiger partial charge >= 0.3 is 516 Å². The fourth-order valence-corrected chi connectivity index (χ4v) is 20.3. The summed E-state index contributed by atoms with van der Waals surface area (Å²) in [7, 11) is 0. The van der Waals surface area contributed by atoms with Crippen molar-refractivity contribution < 1.29 is 17.6 Å². The number of aryl methyl sites for hydroxylation is 4. The Morgan fingerprint density at radius 2 is 0.521 bits per heavy atom. The molecular formula is C114H202NNiO. The zero-order valence-electron chi connectivity index (χ0n) is 80.5. The average Bonchev–Trinajstić information content (AvgIpc) is 0.780. The summed E-state index contributed by atoms with van der Waals surface area (Å²) in [5.41, 5.74) is 15.5. The van der Waals surface area contributed by atoms with Gasteiger partial charge in [0, 0.05) is 0 Å². The second-order valence-electron chi connectivity index (χ2n) is 37.2. The Morgan fingerprint density at radius 1 is 0.265 bits per heavy atom. The van der Waals surface area contributed by atoms with E-state index in [0.29, 0.717) is 0 Å². The molecule has 0 saturated heterocycles. The number of unbranched alkanes of at least 4 members (excludes halogenated alkanes) is 65. The van der Waals surface area contributed by atoms with Crippen LogP contribution in [0.15, 0.2) is 76.3 Å². The number of aliphatic imine (C=N–C) groups is 1. The number of para-hydroxylation sites is 1. The average molecular weight is 1660 g/mol. The first-order chi connectivity index (χ1) is 57.9. The fraction of sp³-hybridized carbons (Fsp3) is 0.798. The first-order valence-corrected chi connectivity index (χ1v) is 55.0. The maximum atomic E-state index is 7.86. The molecule has 0 amide bonds. The van der Waals surface area contributed by atoms with Gasteiger partial charge in [0.1, 0.15) is 0 Å². The van der Waals surface area contributed by atoms with Gasteiger partial charge < -0.3 is 0 Å². The van der Waals surface area contributed by atoms with Crippen molar-refractivity contribution in [1.29, 1.82) is 0 Å². The van der Waals surface area contributed by atoms with E-state index < -0.39 is 13.7 Å². The van der Waals surface area contributed by atoms with E-state index in [1.807, 2.05) is 0 Å². The van der Waals surface area contributed by atoms with Crippen molar-refractivity contribution in [2.75, 3.05) is 0 Å². The molecule has 3 aromatic rings. The van der Waals surface area contributed by atoms with Crippen molar-refractivity contribution in [3.8, 4) is 5.75 Å². The SMILES string of the molecule is CCCCCCCCCCCCCCCCCCC=[CH][Ni]([O]c1ccccc1)[C](=C(CCCCCCCCCCCCCCCCCCCCCCCCCCCC)C(CCCCCCCCCCCCC)=Nc1cc(CCCC)c(CCCCCCCC)c(CCCCCC)c1)c1cc(CCCC)c(CCCC)c(CCCCCC)c1. The molecule has 0 atom stereocenters. The van der Waals surface area contributed by atoms with Gasteiger partial charge in [0.15, 0.2) is 0 Å². The van der Waals surface area contributed by atoms with E-state index in [2.05, 4.69) is 128 Å². The van der Waals surface area contributed by atoms with Crippen molar-refractivity contribution in [3.63, 3.8) is 0 Å². The predicted octanol–water partition coefficient (Wildman–Crippen LogP) is 40.4. The Hall–Kier alpha value is -2.90. The summed E-state index contributed by atoms with van der Waals surface area (Å²) in [5, 5.41) is 2.63. The van der Waals surface area contributed by atoms with E-state index in [-0.39, 0.29) is 0 Å². The molecular weight excluding hydrogens is 1460 g/mol. The van der Waals surface area contributed by atoms with Crippen molar-refractivity contribution in [2.45, 2.75) is 589 Å². The first-order valence-electron chi connectivity index (χ1n) is 53.5. The van der Waals surface area contributed by atoms with E-state index >= 15 is 0 Å².